The Labute approximate surface area is 105 Å². The van der Waals surface area contributed by atoms with E-state index in [0.29, 0.717) is 10.6 Å². The molecule has 1 heterocycles. The Hall–Kier alpha value is -1.48. The SMILES string of the molecule is CCCc1cc(C(=O)OC)c(Cl)c2cc[nH]c12. The molecule has 0 saturated carbocycles. The predicted octanol–water partition coefficient (Wildman–Crippen LogP) is 3.56. The average Bonchev–Trinajstić information content (AvgIpc) is 2.81. The number of hydrogen-bond donors (Lipinski definition) is 1. The van der Waals surface area contributed by atoms with Crippen molar-refractivity contribution in [1.29, 1.82) is 0 Å². The summed E-state index contributed by atoms with van der Waals surface area (Å²) in [7, 11) is 1.36. The molecule has 0 spiro atoms. The molecule has 1 aromatic carbocycles. The highest BCUT2D eigenvalue weighted by molar-refractivity contribution is 6.38. The van der Waals surface area contributed by atoms with E-state index in [1.807, 2.05) is 18.3 Å². The van der Waals surface area contributed by atoms with Crippen molar-refractivity contribution in [2.24, 2.45) is 0 Å². The highest BCUT2D eigenvalue weighted by Crippen LogP contribution is 2.30. The molecule has 0 aliphatic rings. The Balaban J connectivity index is 2.68. The molecular weight excluding hydrogens is 238 g/mol. The largest absolute Gasteiger partial charge is 0.465 e. The summed E-state index contributed by atoms with van der Waals surface area (Å²) in [6.45, 7) is 2.10. The minimum absolute atomic E-state index is 0.393. The van der Waals surface area contributed by atoms with Crippen LogP contribution in [0, 0.1) is 0 Å². The first-order valence-electron chi connectivity index (χ1n) is 5.55. The number of H-pyrrole nitrogens is 1. The molecule has 0 bridgehead atoms. The van der Waals surface area contributed by atoms with Gasteiger partial charge in [0, 0.05) is 11.6 Å². The van der Waals surface area contributed by atoms with E-state index in [0.717, 1.165) is 29.3 Å². The van der Waals surface area contributed by atoms with Crippen LogP contribution in [0.15, 0.2) is 18.3 Å². The summed E-state index contributed by atoms with van der Waals surface area (Å²) in [5, 5.41) is 1.32. The number of esters is 1. The Morgan fingerprint density at radius 2 is 2.29 bits per heavy atom. The first-order valence-corrected chi connectivity index (χ1v) is 5.93. The summed E-state index contributed by atoms with van der Waals surface area (Å²) < 4.78 is 4.74. The molecule has 2 aromatic rings. The fourth-order valence-corrected chi connectivity index (χ4v) is 2.29. The maximum atomic E-state index is 11.6. The van der Waals surface area contributed by atoms with E-state index >= 15 is 0 Å². The first kappa shape index (κ1) is 12.0. The smallest absolute Gasteiger partial charge is 0.339 e. The van der Waals surface area contributed by atoms with Gasteiger partial charge in [0.05, 0.1) is 23.2 Å². The van der Waals surface area contributed by atoms with Crippen LogP contribution in [0.3, 0.4) is 0 Å². The van der Waals surface area contributed by atoms with Crippen LogP contribution in [0.25, 0.3) is 10.9 Å². The molecule has 0 unspecified atom stereocenters. The van der Waals surface area contributed by atoms with E-state index in [-0.39, 0.29) is 0 Å². The monoisotopic (exact) mass is 251 g/mol. The predicted molar refractivity (Wildman–Crippen MR) is 68.6 cm³/mol. The second-order valence-electron chi connectivity index (χ2n) is 3.91. The lowest BCUT2D eigenvalue weighted by Gasteiger charge is -2.08. The van der Waals surface area contributed by atoms with Crippen molar-refractivity contribution < 1.29 is 9.53 Å². The Morgan fingerprint density at radius 1 is 1.53 bits per heavy atom. The second-order valence-corrected chi connectivity index (χ2v) is 4.28. The van der Waals surface area contributed by atoms with Crippen LogP contribution in [0.5, 0.6) is 0 Å². The number of aromatic amines is 1. The van der Waals surface area contributed by atoms with Gasteiger partial charge in [0.25, 0.3) is 0 Å². The lowest BCUT2D eigenvalue weighted by atomic mass is 10.0. The summed E-state index contributed by atoms with van der Waals surface area (Å²) >= 11 is 6.21. The Morgan fingerprint density at radius 3 is 2.94 bits per heavy atom. The molecule has 1 aromatic heterocycles. The molecule has 0 aliphatic heterocycles. The lowest BCUT2D eigenvalue weighted by molar-refractivity contribution is 0.0601. The zero-order valence-electron chi connectivity index (χ0n) is 9.84. The van der Waals surface area contributed by atoms with E-state index in [2.05, 4.69) is 11.9 Å². The van der Waals surface area contributed by atoms with E-state index in [4.69, 9.17) is 16.3 Å². The van der Waals surface area contributed by atoms with Gasteiger partial charge in [-0.05, 0) is 24.1 Å². The summed E-state index contributed by atoms with van der Waals surface area (Å²) in [6.07, 6.45) is 3.74. The third kappa shape index (κ3) is 2.03. The van der Waals surface area contributed by atoms with Gasteiger partial charge in [-0.2, -0.15) is 0 Å². The molecule has 0 radical (unpaired) electrons. The molecule has 0 aliphatic carbocycles. The van der Waals surface area contributed by atoms with E-state index in [9.17, 15) is 4.79 Å². The Bertz CT molecular complexity index is 560. The summed E-state index contributed by atoms with van der Waals surface area (Å²) in [6, 6.07) is 3.69. The van der Waals surface area contributed by atoms with Gasteiger partial charge in [0.15, 0.2) is 0 Å². The highest BCUT2D eigenvalue weighted by Gasteiger charge is 2.16. The quantitative estimate of drug-likeness (QED) is 0.848. The molecule has 3 nitrogen and oxygen atoms in total. The summed E-state index contributed by atoms with van der Waals surface area (Å²) in [5.41, 5.74) is 2.53. The minimum Gasteiger partial charge on any atom is -0.465 e. The second kappa shape index (κ2) is 4.80. The number of aromatic nitrogens is 1. The molecule has 1 N–H and O–H groups in total. The molecule has 17 heavy (non-hydrogen) atoms. The van der Waals surface area contributed by atoms with Crippen LogP contribution in [0.2, 0.25) is 5.02 Å². The van der Waals surface area contributed by atoms with Crippen LogP contribution in [0.1, 0.15) is 29.3 Å². The zero-order valence-corrected chi connectivity index (χ0v) is 10.6. The number of nitrogens with one attached hydrogen (secondary N) is 1. The number of benzene rings is 1. The number of carbonyl (C=O) groups excluding carboxylic acids is 1. The number of methoxy groups -OCH3 is 1. The van der Waals surface area contributed by atoms with Gasteiger partial charge in [-0.25, -0.2) is 4.79 Å². The number of fused-ring (bicyclic) bond motifs is 1. The molecule has 2 rings (SSSR count). The van der Waals surface area contributed by atoms with Crippen molar-refractivity contribution in [3.63, 3.8) is 0 Å². The van der Waals surface area contributed by atoms with Crippen molar-refractivity contribution >= 4 is 28.5 Å². The molecular formula is C13H14ClNO2. The normalized spacial score (nSPS) is 10.8. The van der Waals surface area contributed by atoms with Crippen LogP contribution >= 0.6 is 11.6 Å². The fraction of sp³-hybridized carbons (Fsp3) is 0.308. The van der Waals surface area contributed by atoms with Gasteiger partial charge < -0.3 is 9.72 Å². The van der Waals surface area contributed by atoms with E-state index in [1.54, 1.807) is 0 Å². The lowest BCUT2D eigenvalue weighted by Crippen LogP contribution is -2.04. The van der Waals surface area contributed by atoms with Crippen molar-refractivity contribution in [3.05, 3.63) is 34.5 Å². The van der Waals surface area contributed by atoms with Gasteiger partial charge in [-0.1, -0.05) is 24.9 Å². The van der Waals surface area contributed by atoms with Crippen LogP contribution in [0.4, 0.5) is 0 Å². The van der Waals surface area contributed by atoms with Crippen LogP contribution in [-0.2, 0) is 11.2 Å². The van der Waals surface area contributed by atoms with E-state index < -0.39 is 5.97 Å². The first-order chi connectivity index (χ1) is 8.19. The maximum Gasteiger partial charge on any atom is 0.339 e. The van der Waals surface area contributed by atoms with Gasteiger partial charge in [-0.15, -0.1) is 0 Å². The highest BCUT2D eigenvalue weighted by atomic mass is 35.5. The summed E-state index contributed by atoms with van der Waals surface area (Å²) in [4.78, 5) is 14.8. The van der Waals surface area contributed by atoms with Crippen molar-refractivity contribution in [1.82, 2.24) is 4.98 Å². The van der Waals surface area contributed by atoms with Crippen LogP contribution in [-0.4, -0.2) is 18.1 Å². The zero-order chi connectivity index (χ0) is 12.4. The molecule has 0 amide bonds. The average molecular weight is 252 g/mol. The Kier molecular flexibility index (Phi) is 3.38. The summed E-state index contributed by atoms with van der Waals surface area (Å²) in [5.74, 6) is -0.393. The minimum atomic E-state index is -0.393. The molecule has 0 atom stereocenters. The van der Waals surface area contributed by atoms with Crippen molar-refractivity contribution in [2.75, 3.05) is 7.11 Å². The van der Waals surface area contributed by atoms with Crippen LogP contribution < -0.4 is 0 Å². The van der Waals surface area contributed by atoms with Crippen molar-refractivity contribution in [2.45, 2.75) is 19.8 Å². The topological polar surface area (TPSA) is 42.1 Å². The molecule has 0 fully saturated rings. The number of rotatable bonds is 3. The van der Waals surface area contributed by atoms with Gasteiger partial charge >= 0.3 is 5.97 Å². The fourth-order valence-electron chi connectivity index (χ4n) is 2.00. The number of hydrogen-bond acceptors (Lipinski definition) is 2. The standard InChI is InChI=1S/C13H14ClNO2/c1-3-4-8-7-10(13(16)17-2)11(14)9-5-6-15-12(8)9/h5-7,15H,3-4H2,1-2H3. The number of aryl methyl sites for hydroxylation is 1. The van der Waals surface area contributed by atoms with Gasteiger partial charge in [0.2, 0.25) is 0 Å². The van der Waals surface area contributed by atoms with Gasteiger partial charge in [0.1, 0.15) is 0 Å². The number of ether oxygens (including phenoxy) is 1. The molecule has 4 heteroatoms. The third-order valence-electron chi connectivity index (χ3n) is 2.78. The van der Waals surface area contributed by atoms with Crippen molar-refractivity contribution in [3.8, 4) is 0 Å². The molecule has 0 saturated heterocycles. The molecule has 90 valence electrons. The number of halogens is 1. The third-order valence-corrected chi connectivity index (χ3v) is 3.19. The number of carbonyl (C=O) groups is 1. The van der Waals surface area contributed by atoms with E-state index in [1.165, 1.54) is 7.11 Å². The maximum absolute atomic E-state index is 11.6. The van der Waals surface area contributed by atoms with Gasteiger partial charge in [-0.3, -0.25) is 0 Å².